The molecular weight excluding hydrogens is 234 g/mol. The van der Waals surface area contributed by atoms with Crippen LogP contribution in [0.4, 0.5) is 0 Å². The van der Waals surface area contributed by atoms with E-state index < -0.39 is 0 Å². The van der Waals surface area contributed by atoms with E-state index in [1.54, 1.807) is 0 Å². The van der Waals surface area contributed by atoms with Crippen LogP contribution in [-0.4, -0.2) is 18.8 Å². The van der Waals surface area contributed by atoms with Gasteiger partial charge in [-0.25, -0.2) is 0 Å². The Morgan fingerprint density at radius 3 is 2.53 bits per heavy atom. The van der Waals surface area contributed by atoms with Gasteiger partial charge in [0.15, 0.2) is 0 Å². The van der Waals surface area contributed by atoms with E-state index in [1.165, 1.54) is 11.1 Å². The van der Waals surface area contributed by atoms with E-state index in [4.69, 9.17) is 10.5 Å². The summed E-state index contributed by atoms with van der Waals surface area (Å²) in [6.07, 6.45) is 4.28. The van der Waals surface area contributed by atoms with Crippen LogP contribution in [0.1, 0.15) is 50.7 Å². The Morgan fingerprint density at radius 1 is 1.26 bits per heavy atom. The minimum atomic E-state index is -0.00168. The highest BCUT2D eigenvalue weighted by Crippen LogP contribution is 2.44. The van der Waals surface area contributed by atoms with Crippen molar-refractivity contribution in [1.29, 1.82) is 0 Å². The zero-order chi connectivity index (χ0) is 13.9. The summed E-state index contributed by atoms with van der Waals surface area (Å²) in [7, 11) is 0. The van der Waals surface area contributed by atoms with Crippen molar-refractivity contribution in [3.8, 4) is 0 Å². The maximum absolute atomic E-state index is 6.02. The summed E-state index contributed by atoms with van der Waals surface area (Å²) in [5.74, 6) is 0. The zero-order valence-electron chi connectivity index (χ0n) is 12.5. The van der Waals surface area contributed by atoms with Gasteiger partial charge in [-0.05, 0) is 51.6 Å². The van der Waals surface area contributed by atoms with E-state index >= 15 is 0 Å². The van der Waals surface area contributed by atoms with Crippen LogP contribution in [0.5, 0.6) is 0 Å². The van der Waals surface area contributed by atoms with Crippen molar-refractivity contribution in [2.24, 2.45) is 5.73 Å². The lowest BCUT2D eigenvalue weighted by atomic mass is 9.66. The molecule has 0 bridgehead atoms. The highest BCUT2D eigenvalue weighted by Gasteiger charge is 2.42. The zero-order valence-corrected chi connectivity index (χ0v) is 12.5. The van der Waals surface area contributed by atoms with E-state index in [9.17, 15) is 0 Å². The highest BCUT2D eigenvalue weighted by molar-refractivity contribution is 5.30. The average molecular weight is 261 g/mol. The largest absolute Gasteiger partial charge is 0.375 e. The molecule has 2 atom stereocenters. The molecular formula is C17H27NO. The van der Waals surface area contributed by atoms with Gasteiger partial charge in [0, 0.05) is 12.0 Å². The predicted molar refractivity (Wildman–Crippen MR) is 80.4 cm³/mol. The summed E-state index contributed by atoms with van der Waals surface area (Å²) in [4.78, 5) is 0. The minimum Gasteiger partial charge on any atom is -0.375 e. The fourth-order valence-electron chi connectivity index (χ4n) is 3.36. The molecule has 0 spiro atoms. The Labute approximate surface area is 117 Å². The van der Waals surface area contributed by atoms with Gasteiger partial charge in [0.05, 0.1) is 5.60 Å². The van der Waals surface area contributed by atoms with Crippen molar-refractivity contribution in [3.05, 3.63) is 35.4 Å². The van der Waals surface area contributed by atoms with Crippen LogP contribution in [0, 0.1) is 6.92 Å². The molecule has 19 heavy (non-hydrogen) atoms. The molecule has 1 aromatic carbocycles. The molecule has 1 unspecified atom stereocenters. The summed E-state index contributed by atoms with van der Waals surface area (Å²) < 4.78 is 6.02. The Morgan fingerprint density at radius 2 is 1.95 bits per heavy atom. The number of hydrogen-bond acceptors (Lipinski definition) is 2. The van der Waals surface area contributed by atoms with Gasteiger partial charge in [-0.3, -0.25) is 0 Å². The first-order valence-corrected chi connectivity index (χ1v) is 7.45. The van der Waals surface area contributed by atoms with Gasteiger partial charge in [-0.1, -0.05) is 36.8 Å². The third kappa shape index (κ3) is 3.01. The van der Waals surface area contributed by atoms with Crippen LogP contribution in [0.3, 0.4) is 0 Å². The number of benzene rings is 1. The molecule has 0 aliphatic carbocycles. The van der Waals surface area contributed by atoms with E-state index in [1.807, 2.05) is 0 Å². The van der Waals surface area contributed by atoms with Crippen LogP contribution in [0.25, 0.3) is 0 Å². The molecule has 0 amide bonds. The fraction of sp³-hybridized carbons (Fsp3) is 0.647. The van der Waals surface area contributed by atoms with Gasteiger partial charge >= 0.3 is 0 Å². The third-order valence-electron chi connectivity index (χ3n) is 4.78. The van der Waals surface area contributed by atoms with E-state index in [0.29, 0.717) is 0 Å². The number of ether oxygens (including phenoxy) is 1. The molecule has 1 saturated heterocycles. The molecule has 0 radical (unpaired) electrons. The van der Waals surface area contributed by atoms with Crippen molar-refractivity contribution in [3.63, 3.8) is 0 Å². The van der Waals surface area contributed by atoms with Crippen LogP contribution in [-0.2, 0) is 10.2 Å². The van der Waals surface area contributed by atoms with Crippen LogP contribution >= 0.6 is 0 Å². The molecule has 2 nitrogen and oxygen atoms in total. The first-order chi connectivity index (χ1) is 9.03. The molecule has 1 fully saturated rings. The van der Waals surface area contributed by atoms with Gasteiger partial charge < -0.3 is 10.5 Å². The van der Waals surface area contributed by atoms with Gasteiger partial charge in [0.25, 0.3) is 0 Å². The SMILES string of the molecule is CCC1(C)C[C@](CCN)(c2ccc(C)cc2)CCO1. The number of nitrogens with two attached hydrogens (primary N) is 1. The standard InChI is InChI=1S/C17H27NO/c1-4-16(3)13-17(9-11-18,10-12-19-16)15-7-5-14(2)6-8-15/h5-8H,4,9-13,18H2,1-3H3/t16?,17-/m1/s1. The first-order valence-electron chi connectivity index (χ1n) is 7.45. The molecule has 1 aromatic rings. The summed E-state index contributed by atoms with van der Waals surface area (Å²) in [5, 5.41) is 0. The van der Waals surface area contributed by atoms with Crippen LogP contribution < -0.4 is 5.73 Å². The minimum absolute atomic E-state index is 0.00168. The van der Waals surface area contributed by atoms with E-state index in [2.05, 4.69) is 45.0 Å². The molecule has 1 heterocycles. The van der Waals surface area contributed by atoms with Crippen molar-refractivity contribution in [2.45, 2.75) is 57.5 Å². The van der Waals surface area contributed by atoms with Gasteiger partial charge in [0.2, 0.25) is 0 Å². The maximum Gasteiger partial charge on any atom is 0.0660 e. The lowest BCUT2D eigenvalue weighted by molar-refractivity contribution is -0.0976. The maximum atomic E-state index is 6.02. The lowest BCUT2D eigenvalue weighted by Gasteiger charge is -2.46. The Bertz CT molecular complexity index is 410. The highest BCUT2D eigenvalue weighted by atomic mass is 16.5. The smallest absolute Gasteiger partial charge is 0.0660 e. The molecule has 0 saturated carbocycles. The van der Waals surface area contributed by atoms with Crippen LogP contribution in [0.2, 0.25) is 0 Å². The van der Waals surface area contributed by atoms with Gasteiger partial charge in [0.1, 0.15) is 0 Å². The quantitative estimate of drug-likeness (QED) is 0.899. The fourth-order valence-corrected chi connectivity index (χ4v) is 3.36. The monoisotopic (exact) mass is 261 g/mol. The molecule has 106 valence electrons. The second-order valence-corrected chi connectivity index (χ2v) is 6.26. The van der Waals surface area contributed by atoms with Crippen molar-refractivity contribution in [2.75, 3.05) is 13.2 Å². The summed E-state index contributed by atoms with van der Waals surface area (Å²) in [6, 6.07) is 9.00. The number of hydrogen-bond donors (Lipinski definition) is 1. The Balaban J connectivity index is 2.34. The third-order valence-corrected chi connectivity index (χ3v) is 4.78. The predicted octanol–water partition coefficient (Wildman–Crippen LogP) is 3.56. The van der Waals surface area contributed by atoms with E-state index in [0.717, 1.165) is 38.8 Å². The van der Waals surface area contributed by atoms with Gasteiger partial charge in [-0.2, -0.15) is 0 Å². The van der Waals surface area contributed by atoms with Gasteiger partial charge in [-0.15, -0.1) is 0 Å². The normalized spacial score (nSPS) is 31.4. The summed E-state index contributed by atoms with van der Waals surface area (Å²) >= 11 is 0. The molecule has 1 aliphatic rings. The van der Waals surface area contributed by atoms with Crippen molar-refractivity contribution in [1.82, 2.24) is 0 Å². The molecule has 0 aromatic heterocycles. The Hall–Kier alpha value is -0.860. The first kappa shape index (κ1) is 14.5. The van der Waals surface area contributed by atoms with E-state index in [-0.39, 0.29) is 11.0 Å². The average Bonchev–Trinajstić information content (AvgIpc) is 2.40. The lowest BCUT2D eigenvalue weighted by Crippen LogP contribution is -2.46. The second kappa shape index (κ2) is 5.64. The summed E-state index contributed by atoms with van der Waals surface area (Å²) in [6.45, 7) is 8.19. The van der Waals surface area contributed by atoms with Crippen LogP contribution in [0.15, 0.2) is 24.3 Å². The summed E-state index contributed by atoms with van der Waals surface area (Å²) in [5.41, 5.74) is 8.85. The second-order valence-electron chi connectivity index (χ2n) is 6.26. The molecule has 1 aliphatic heterocycles. The molecule has 2 N–H and O–H groups in total. The molecule has 2 heteroatoms. The topological polar surface area (TPSA) is 35.2 Å². The number of aryl methyl sites for hydroxylation is 1. The molecule has 2 rings (SSSR count). The van der Waals surface area contributed by atoms with Crippen molar-refractivity contribution >= 4 is 0 Å². The number of rotatable bonds is 4. The Kier molecular flexibility index (Phi) is 4.32. The van der Waals surface area contributed by atoms with Crippen molar-refractivity contribution < 1.29 is 4.74 Å².